The number of rotatable bonds is 1. The number of ether oxygens (including phenoxy) is 1. The number of halogens is 1. The average Bonchev–Trinajstić information content (AvgIpc) is 2.65. The minimum absolute atomic E-state index is 0.954. The standard InChI is InChI=1S/C13H9BrOS/c1-15-11-4-2-3-10-9-6-5-8(14)7-12(9)16-13(10)11/h2-7H,1H3. The summed E-state index contributed by atoms with van der Waals surface area (Å²) in [6, 6.07) is 12.6. The van der Waals surface area contributed by atoms with Gasteiger partial charge in [0.1, 0.15) is 5.75 Å². The van der Waals surface area contributed by atoms with Gasteiger partial charge in [0, 0.05) is 19.9 Å². The van der Waals surface area contributed by atoms with Gasteiger partial charge in [-0.1, -0.05) is 34.1 Å². The van der Waals surface area contributed by atoms with Gasteiger partial charge < -0.3 is 4.74 Å². The van der Waals surface area contributed by atoms with Gasteiger partial charge in [0.05, 0.1) is 11.8 Å². The van der Waals surface area contributed by atoms with Gasteiger partial charge in [-0.15, -0.1) is 11.3 Å². The summed E-state index contributed by atoms with van der Waals surface area (Å²) in [6.45, 7) is 0. The highest BCUT2D eigenvalue weighted by Gasteiger charge is 2.08. The summed E-state index contributed by atoms with van der Waals surface area (Å²) in [6.07, 6.45) is 0. The van der Waals surface area contributed by atoms with Crippen molar-refractivity contribution in [2.45, 2.75) is 0 Å². The van der Waals surface area contributed by atoms with Crippen LogP contribution in [-0.4, -0.2) is 7.11 Å². The third-order valence-corrected chi connectivity index (χ3v) is 4.32. The predicted molar refractivity (Wildman–Crippen MR) is 73.6 cm³/mol. The van der Waals surface area contributed by atoms with Crippen LogP contribution in [0.2, 0.25) is 0 Å². The maximum Gasteiger partial charge on any atom is 0.136 e. The van der Waals surface area contributed by atoms with Crippen molar-refractivity contribution in [1.29, 1.82) is 0 Å². The lowest BCUT2D eigenvalue weighted by atomic mass is 10.1. The van der Waals surface area contributed by atoms with Crippen molar-refractivity contribution in [1.82, 2.24) is 0 Å². The lowest BCUT2D eigenvalue weighted by Crippen LogP contribution is -1.80. The third kappa shape index (κ3) is 1.43. The molecule has 1 heterocycles. The van der Waals surface area contributed by atoms with E-state index in [1.807, 2.05) is 12.1 Å². The monoisotopic (exact) mass is 292 g/mol. The van der Waals surface area contributed by atoms with Gasteiger partial charge in [0.2, 0.25) is 0 Å². The normalized spacial score (nSPS) is 11.1. The van der Waals surface area contributed by atoms with Crippen molar-refractivity contribution >= 4 is 47.4 Å². The van der Waals surface area contributed by atoms with E-state index >= 15 is 0 Å². The Morgan fingerprint density at radius 1 is 1.12 bits per heavy atom. The molecule has 0 fully saturated rings. The minimum Gasteiger partial charge on any atom is -0.495 e. The van der Waals surface area contributed by atoms with E-state index in [0.717, 1.165) is 10.2 Å². The lowest BCUT2D eigenvalue weighted by Gasteiger charge is -1.99. The molecule has 0 amide bonds. The molecule has 0 bridgehead atoms. The van der Waals surface area contributed by atoms with E-state index in [1.165, 1.54) is 20.2 Å². The highest BCUT2D eigenvalue weighted by atomic mass is 79.9. The van der Waals surface area contributed by atoms with Crippen LogP contribution >= 0.6 is 27.3 Å². The topological polar surface area (TPSA) is 9.23 Å². The number of hydrogen-bond donors (Lipinski definition) is 0. The Bertz CT molecular complexity index is 672. The SMILES string of the molecule is COc1cccc2c1sc1cc(Br)ccc12. The minimum atomic E-state index is 0.954. The molecule has 3 aromatic rings. The molecule has 0 spiro atoms. The summed E-state index contributed by atoms with van der Waals surface area (Å²) in [5.74, 6) is 0.954. The molecule has 1 aromatic heterocycles. The third-order valence-electron chi connectivity index (χ3n) is 2.64. The highest BCUT2D eigenvalue weighted by molar-refractivity contribution is 9.10. The second kappa shape index (κ2) is 3.75. The van der Waals surface area contributed by atoms with Gasteiger partial charge in [0.25, 0.3) is 0 Å². The van der Waals surface area contributed by atoms with Crippen LogP contribution in [0.1, 0.15) is 0 Å². The van der Waals surface area contributed by atoms with Crippen LogP contribution in [0.3, 0.4) is 0 Å². The molecule has 0 aliphatic carbocycles. The molecule has 16 heavy (non-hydrogen) atoms. The molecular weight excluding hydrogens is 284 g/mol. The van der Waals surface area contributed by atoms with Gasteiger partial charge in [-0.3, -0.25) is 0 Å². The first kappa shape index (κ1) is 10.1. The molecule has 1 nitrogen and oxygen atoms in total. The van der Waals surface area contributed by atoms with Crippen LogP contribution in [-0.2, 0) is 0 Å². The first-order valence-electron chi connectivity index (χ1n) is 4.94. The fourth-order valence-corrected chi connectivity index (χ4v) is 3.65. The van der Waals surface area contributed by atoms with Crippen molar-refractivity contribution in [2.24, 2.45) is 0 Å². The van der Waals surface area contributed by atoms with Crippen molar-refractivity contribution in [3.63, 3.8) is 0 Å². The van der Waals surface area contributed by atoms with E-state index in [4.69, 9.17) is 4.74 Å². The van der Waals surface area contributed by atoms with Gasteiger partial charge in [-0.25, -0.2) is 0 Å². The van der Waals surface area contributed by atoms with Crippen LogP contribution in [0, 0.1) is 0 Å². The quantitative estimate of drug-likeness (QED) is 0.624. The Hall–Kier alpha value is -1.06. The molecule has 0 saturated carbocycles. The largest absolute Gasteiger partial charge is 0.495 e. The zero-order chi connectivity index (χ0) is 11.1. The summed E-state index contributed by atoms with van der Waals surface area (Å²) in [5, 5.41) is 2.56. The summed E-state index contributed by atoms with van der Waals surface area (Å²) >= 11 is 5.27. The zero-order valence-electron chi connectivity index (χ0n) is 8.66. The lowest BCUT2D eigenvalue weighted by molar-refractivity contribution is 0.420. The molecule has 0 atom stereocenters. The Morgan fingerprint density at radius 3 is 2.81 bits per heavy atom. The Morgan fingerprint density at radius 2 is 2.00 bits per heavy atom. The number of methoxy groups -OCH3 is 1. The summed E-state index contributed by atoms with van der Waals surface area (Å²) in [4.78, 5) is 0. The van der Waals surface area contributed by atoms with E-state index in [0.29, 0.717) is 0 Å². The Balaban J connectivity index is 2.49. The van der Waals surface area contributed by atoms with E-state index in [2.05, 4.69) is 40.2 Å². The first-order valence-corrected chi connectivity index (χ1v) is 6.55. The molecule has 3 rings (SSSR count). The second-order valence-corrected chi connectivity index (χ2v) is 5.55. The fraction of sp³-hybridized carbons (Fsp3) is 0.0769. The second-order valence-electron chi connectivity index (χ2n) is 3.58. The van der Waals surface area contributed by atoms with Gasteiger partial charge in [-0.05, 0) is 18.2 Å². The molecule has 0 aliphatic heterocycles. The van der Waals surface area contributed by atoms with Crippen molar-refractivity contribution in [3.05, 3.63) is 40.9 Å². The van der Waals surface area contributed by atoms with Gasteiger partial charge in [0.15, 0.2) is 0 Å². The zero-order valence-corrected chi connectivity index (χ0v) is 11.1. The predicted octanol–water partition coefficient (Wildman–Crippen LogP) is 4.83. The molecule has 0 aliphatic rings. The smallest absolute Gasteiger partial charge is 0.136 e. The van der Waals surface area contributed by atoms with Crippen LogP contribution < -0.4 is 4.74 Å². The van der Waals surface area contributed by atoms with E-state index < -0.39 is 0 Å². The van der Waals surface area contributed by atoms with Crippen LogP contribution in [0.25, 0.3) is 20.2 Å². The first-order chi connectivity index (χ1) is 7.79. The van der Waals surface area contributed by atoms with E-state index in [9.17, 15) is 0 Å². The molecule has 0 N–H and O–H groups in total. The fourth-order valence-electron chi connectivity index (χ4n) is 1.91. The number of benzene rings is 2. The molecule has 0 unspecified atom stereocenters. The molecule has 0 radical (unpaired) electrons. The van der Waals surface area contributed by atoms with Crippen LogP contribution in [0.4, 0.5) is 0 Å². The molecule has 3 heteroatoms. The van der Waals surface area contributed by atoms with Crippen LogP contribution in [0.5, 0.6) is 5.75 Å². The summed E-state index contributed by atoms with van der Waals surface area (Å²) in [5.41, 5.74) is 0. The number of hydrogen-bond acceptors (Lipinski definition) is 2. The average molecular weight is 293 g/mol. The number of fused-ring (bicyclic) bond motifs is 3. The maximum absolute atomic E-state index is 5.39. The van der Waals surface area contributed by atoms with E-state index in [-0.39, 0.29) is 0 Å². The molecule has 0 saturated heterocycles. The summed E-state index contributed by atoms with van der Waals surface area (Å²) in [7, 11) is 1.72. The van der Waals surface area contributed by atoms with Crippen molar-refractivity contribution in [2.75, 3.05) is 7.11 Å². The van der Waals surface area contributed by atoms with Crippen LogP contribution in [0.15, 0.2) is 40.9 Å². The Labute approximate surface area is 106 Å². The van der Waals surface area contributed by atoms with Crippen molar-refractivity contribution < 1.29 is 4.74 Å². The maximum atomic E-state index is 5.39. The highest BCUT2D eigenvalue weighted by Crippen LogP contribution is 2.39. The molecular formula is C13H9BrOS. The molecule has 80 valence electrons. The summed E-state index contributed by atoms with van der Waals surface area (Å²) < 4.78 is 9.01. The van der Waals surface area contributed by atoms with Gasteiger partial charge >= 0.3 is 0 Å². The molecule has 2 aromatic carbocycles. The van der Waals surface area contributed by atoms with Gasteiger partial charge in [-0.2, -0.15) is 0 Å². The number of thiophene rings is 1. The van der Waals surface area contributed by atoms with Crippen molar-refractivity contribution in [3.8, 4) is 5.75 Å². The Kier molecular flexibility index (Phi) is 2.37. The van der Waals surface area contributed by atoms with E-state index in [1.54, 1.807) is 18.4 Å².